The zero-order valence-electron chi connectivity index (χ0n) is 16.1. The van der Waals surface area contributed by atoms with Crippen LogP contribution in [0.25, 0.3) is 0 Å². The normalized spacial score (nSPS) is 22.4. The molecule has 2 heterocycles. The van der Waals surface area contributed by atoms with Gasteiger partial charge in [0, 0.05) is 19.4 Å². The van der Waals surface area contributed by atoms with Gasteiger partial charge < -0.3 is 19.5 Å². The Bertz CT molecular complexity index is 743. The minimum absolute atomic E-state index is 0.0613. The number of esters is 1. The maximum Gasteiger partial charge on any atom is 0.338 e. The van der Waals surface area contributed by atoms with E-state index in [2.05, 4.69) is 5.32 Å². The van der Waals surface area contributed by atoms with E-state index in [0.29, 0.717) is 30.0 Å². The molecule has 0 spiro atoms. The number of allylic oxidation sites excluding steroid dienone is 1. The maximum absolute atomic E-state index is 13.3. The topological polar surface area (TPSA) is 77.1 Å². The standard InChI is InChI=1S/C20H25FN2O5/c1-13-17(19(24)28-11-10-26-2)18(14-5-7-15(21)8-6-14)22-20(25)23(13)12-16-4-3-9-27-16/h5-8,16,18H,3-4,9-12H2,1-2H3,(H,22,25). The van der Waals surface area contributed by atoms with E-state index >= 15 is 0 Å². The Morgan fingerprint density at radius 1 is 1.32 bits per heavy atom. The van der Waals surface area contributed by atoms with Crippen LogP contribution in [0.3, 0.4) is 0 Å². The average Bonchev–Trinajstić information content (AvgIpc) is 3.18. The van der Waals surface area contributed by atoms with Crippen molar-refractivity contribution in [3.05, 3.63) is 46.9 Å². The Morgan fingerprint density at radius 2 is 2.07 bits per heavy atom. The van der Waals surface area contributed by atoms with Crippen molar-refractivity contribution in [3.63, 3.8) is 0 Å². The van der Waals surface area contributed by atoms with Crippen molar-refractivity contribution in [2.24, 2.45) is 0 Å². The molecule has 0 aliphatic carbocycles. The average molecular weight is 392 g/mol. The third kappa shape index (κ3) is 4.51. The summed E-state index contributed by atoms with van der Waals surface area (Å²) in [5.41, 5.74) is 1.43. The zero-order valence-corrected chi connectivity index (χ0v) is 16.1. The summed E-state index contributed by atoms with van der Waals surface area (Å²) >= 11 is 0. The van der Waals surface area contributed by atoms with Crippen molar-refractivity contribution >= 4 is 12.0 Å². The van der Waals surface area contributed by atoms with Crippen LogP contribution in [-0.4, -0.2) is 56.5 Å². The quantitative estimate of drug-likeness (QED) is 0.570. The van der Waals surface area contributed by atoms with Crippen LogP contribution in [0.2, 0.25) is 0 Å². The van der Waals surface area contributed by atoms with Crippen molar-refractivity contribution in [1.82, 2.24) is 10.2 Å². The van der Waals surface area contributed by atoms with Crippen LogP contribution in [-0.2, 0) is 19.0 Å². The number of rotatable bonds is 7. The van der Waals surface area contributed by atoms with Gasteiger partial charge in [-0.2, -0.15) is 0 Å². The van der Waals surface area contributed by atoms with Gasteiger partial charge in [-0.1, -0.05) is 12.1 Å². The number of methoxy groups -OCH3 is 1. The number of amides is 2. The van der Waals surface area contributed by atoms with Gasteiger partial charge >= 0.3 is 12.0 Å². The minimum Gasteiger partial charge on any atom is -0.460 e. The number of nitrogens with one attached hydrogen (secondary N) is 1. The molecular weight excluding hydrogens is 367 g/mol. The Morgan fingerprint density at radius 3 is 2.71 bits per heavy atom. The van der Waals surface area contributed by atoms with E-state index < -0.39 is 17.8 Å². The first-order chi connectivity index (χ1) is 13.5. The van der Waals surface area contributed by atoms with Crippen LogP contribution in [0.4, 0.5) is 9.18 Å². The number of ether oxygens (including phenoxy) is 3. The molecule has 1 aromatic carbocycles. The van der Waals surface area contributed by atoms with Crippen LogP contribution in [0.1, 0.15) is 31.4 Å². The van der Waals surface area contributed by atoms with Crippen molar-refractivity contribution in [2.75, 3.05) is 33.5 Å². The molecule has 2 aliphatic heterocycles. The number of benzene rings is 1. The summed E-state index contributed by atoms with van der Waals surface area (Å²) in [5.74, 6) is -0.933. The maximum atomic E-state index is 13.3. The van der Waals surface area contributed by atoms with E-state index in [1.807, 2.05) is 0 Å². The number of halogens is 1. The zero-order chi connectivity index (χ0) is 20.1. The molecule has 1 fully saturated rings. The first-order valence-corrected chi connectivity index (χ1v) is 9.33. The van der Waals surface area contributed by atoms with E-state index in [1.54, 1.807) is 19.1 Å². The second-order valence-electron chi connectivity index (χ2n) is 6.81. The molecular formula is C20H25FN2O5. The van der Waals surface area contributed by atoms with Gasteiger partial charge in [-0.15, -0.1) is 0 Å². The second kappa shape index (κ2) is 9.16. The number of carbonyl (C=O) groups excluding carboxylic acids is 2. The highest BCUT2D eigenvalue weighted by molar-refractivity contribution is 5.95. The largest absolute Gasteiger partial charge is 0.460 e. The van der Waals surface area contributed by atoms with Gasteiger partial charge in [0.25, 0.3) is 0 Å². The molecule has 2 atom stereocenters. The first kappa shape index (κ1) is 20.3. The van der Waals surface area contributed by atoms with Gasteiger partial charge in [0.05, 0.1) is 30.9 Å². The fourth-order valence-electron chi connectivity index (χ4n) is 3.46. The molecule has 3 rings (SSSR count). The highest BCUT2D eigenvalue weighted by atomic mass is 19.1. The molecule has 0 radical (unpaired) electrons. The second-order valence-corrected chi connectivity index (χ2v) is 6.81. The predicted molar refractivity (Wildman–Crippen MR) is 98.9 cm³/mol. The monoisotopic (exact) mass is 392 g/mol. The van der Waals surface area contributed by atoms with Gasteiger partial charge in [0.1, 0.15) is 12.4 Å². The Balaban J connectivity index is 1.91. The summed E-state index contributed by atoms with van der Waals surface area (Å²) in [4.78, 5) is 27.1. The fourth-order valence-corrected chi connectivity index (χ4v) is 3.46. The third-order valence-corrected chi connectivity index (χ3v) is 4.95. The van der Waals surface area contributed by atoms with Crippen LogP contribution in [0, 0.1) is 5.82 Å². The van der Waals surface area contributed by atoms with Crippen LogP contribution < -0.4 is 5.32 Å². The van der Waals surface area contributed by atoms with Gasteiger partial charge in [-0.25, -0.2) is 14.0 Å². The molecule has 1 aromatic rings. The fraction of sp³-hybridized carbons (Fsp3) is 0.500. The molecule has 0 aromatic heterocycles. The Hall–Kier alpha value is -2.45. The van der Waals surface area contributed by atoms with E-state index in [0.717, 1.165) is 12.8 Å². The first-order valence-electron chi connectivity index (χ1n) is 9.33. The third-order valence-electron chi connectivity index (χ3n) is 4.95. The van der Waals surface area contributed by atoms with Gasteiger partial charge in [0.15, 0.2) is 0 Å². The number of hydrogen-bond acceptors (Lipinski definition) is 5. The molecule has 28 heavy (non-hydrogen) atoms. The lowest BCUT2D eigenvalue weighted by atomic mass is 9.94. The van der Waals surface area contributed by atoms with E-state index in [1.165, 1.54) is 24.1 Å². The van der Waals surface area contributed by atoms with Crippen molar-refractivity contribution in [3.8, 4) is 0 Å². The van der Waals surface area contributed by atoms with Crippen LogP contribution >= 0.6 is 0 Å². The molecule has 0 bridgehead atoms. The molecule has 7 nitrogen and oxygen atoms in total. The molecule has 1 N–H and O–H groups in total. The Kier molecular flexibility index (Phi) is 6.64. The lowest BCUT2D eigenvalue weighted by Crippen LogP contribution is -2.50. The van der Waals surface area contributed by atoms with Crippen LogP contribution in [0.15, 0.2) is 35.5 Å². The number of hydrogen-bond donors (Lipinski definition) is 1. The van der Waals surface area contributed by atoms with Gasteiger partial charge in [-0.3, -0.25) is 4.90 Å². The SMILES string of the molecule is COCCOC(=O)C1=C(C)N(CC2CCCO2)C(=O)NC1c1ccc(F)cc1. The molecule has 1 saturated heterocycles. The minimum atomic E-state index is -0.719. The van der Waals surface area contributed by atoms with Crippen LogP contribution in [0.5, 0.6) is 0 Å². The summed E-state index contributed by atoms with van der Waals surface area (Å²) in [6.45, 7) is 3.12. The van der Waals surface area contributed by atoms with Gasteiger partial charge in [0.2, 0.25) is 0 Å². The lowest BCUT2D eigenvalue weighted by molar-refractivity contribution is -0.141. The smallest absolute Gasteiger partial charge is 0.338 e. The van der Waals surface area contributed by atoms with E-state index in [4.69, 9.17) is 14.2 Å². The highest BCUT2D eigenvalue weighted by Gasteiger charge is 2.37. The van der Waals surface area contributed by atoms with Crippen molar-refractivity contribution in [2.45, 2.75) is 31.9 Å². The summed E-state index contributed by atoms with van der Waals surface area (Å²) in [6.07, 6.45) is 1.76. The molecule has 0 saturated carbocycles. The molecule has 152 valence electrons. The molecule has 8 heteroatoms. The predicted octanol–water partition coefficient (Wildman–Crippen LogP) is 2.53. The Labute approximate surface area is 163 Å². The van der Waals surface area contributed by atoms with Crippen molar-refractivity contribution < 1.29 is 28.2 Å². The molecule has 2 aliphatic rings. The highest BCUT2D eigenvalue weighted by Crippen LogP contribution is 2.32. The summed E-state index contributed by atoms with van der Waals surface area (Å²) in [5, 5.41) is 2.85. The summed E-state index contributed by atoms with van der Waals surface area (Å²) in [7, 11) is 1.52. The van der Waals surface area contributed by atoms with Gasteiger partial charge in [-0.05, 0) is 37.5 Å². The number of carbonyl (C=O) groups is 2. The number of urea groups is 1. The molecule has 2 unspecified atom stereocenters. The summed E-state index contributed by atoms with van der Waals surface area (Å²) < 4.78 is 29.2. The summed E-state index contributed by atoms with van der Waals surface area (Å²) in [6, 6.07) is 4.64. The van der Waals surface area contributed by atoms with E-state index in [9.17, 15) is 14.0 Å². The van der Waals surface area contributed by atoms with Crippen molar-refractivity contribution in [1.29, 1.82) is 0 Å². The van der Waals surface area contributed by atoms with E-state index in [-0.39, 0.29) is 25.3 Å². The molecule has 2 amide bonds. The lowest BCUT2D eigenvalue weighted by Gasteiger charge is -2.36. The number of nitrogens with zero attached hydrogens (tertiary/aromatic N) is 1.